The summed E-state index contributed by atoms with van der Waals surface area (Å²) < 4.78 is 0. The second-order valence-electron chi connectivity index (χ2n) is 4.17. The molecule has 1 aliphatic heterocycles. The van der Waals surface area contributed by atoms with Crippen LogP contribution in [-0.4, -0.2) is 35.1 Å². The molecule has 0 radical (unpaired) electrons. The van der Waals surface area contributed by atoms with E-state index in [1.807, 2.05) is 0 Å². The van der Waals surface area contributed by atoms with E-state index in [9.17, 15) is 9.90 Å². The van der Waals surface area contributed by atoms with Gasteiger partial charge in [-0.25, -0.2) is 0 Å². The molecule has 0 bridgehead atoms. The Morgan fingerprint density at radius 2 is 2.06 bits per heavy atom. The Bertz CT molecular complexity index is 375. The van der Waals surface area contributed by atoms with Crippen LogP contribution < -0.4 is 5.73 Å². The maximum atomic E-state index is 12.0. The van der Waals surface area contributed by atoms with Gasteiger partial charge in [-0.1, -0.05) is 0 Å². The standard InChI is InChI=1S/C12H16N2O2/c13-10-5-3-9(4-6-10)12(16)14-7-1-2-11(15)8-14/h3-6,11,15H,1-2,7-8,13H2. The van der Waals surface area contributed by atoms with E-state index in [2.05, 4.69) is 0 Å². The van der Waals surface area contributed by atoms with Gasteiger partial charge in [-0.05, 0) is 37.1 Å². The van der Waals surface area contributed by atoms with E-state index in [1.54, 1.807) is 29.2 Å². The summed E-state index contributed by atoms with van der Waals surface area (Å²) in [6, 6.07) is 6.87. The molecule has 0 aromatic heterocycles. The lowest BCUT2D eigenvalue weighted by Gasteiger charge is -2.30. The molecule has 16 heavy (non-hydrogen) atoms. The number of aliphatic hydroxyl groups is 1. The Morgan fingerprint density at radius 3 is 2.69 bits per heavy atom. The maximum Gasteiger partial charge on any atom is 0.253 e. The third kappa shape index (κ3) is 2.33. The summed E-state index contributed by atoms with van der Waals surface area (Å²) in [7, 11) is 0. The van der Waals surface area contributed by atoms with E-state index in [0.717, 1.165) is 19.4 Å². The second-order valence-corrected chi connectivity index (χ2v) is 4.17. The van der Waals surface area contributed by atoms with Crippen LogP contribution in [0.2, 0.25) is 0 Å². The highest BCUT2D eigenvalue weighted by Gasteiger charge is 2.22. The van der Waals surface area contributed by atoms with Crippen molar-refractivity contribution in [2.45, 2.75) is 18.9 Å². The summed E-state index contributed by atoms with van der Waals surface area (Å²) in [5.74, 6) is -0.0289. The fraction of sp³-hybridized carbons (Fsp3) is 0.417. The molecule has 3 N–H and O–H groups in total. The van der Waals surface area contributed by atoms with E-state index in [0.29, 0.717) is 17.8 Å². The fourth-order valence-electron chi connectivity index (χ4n) is 1.95. The fourth-order valence-corrected chi connectivity index (χ4v) is 1.95. The topological polar surface area (TPSA) is 66.6 Å². The van der Waals surface area contributed by atoms with Gasteiger partial charge in [0.25, 0.3) is 5.91 Å². The molecule has 0 spiro atoms. The molecule has 1 saturated heterocycles. The average molecular weight is 220 g/mol. The van der Waals surface area contributed by atoms with Crippen molar-refractivity contribution < 1.29 is 9.90 Å². The molecule has 0 aliphatic carbocycles. The highest BCUT2D eigenvalue weighted by atomic mass is 16.3. The van der Waals surface area contributed by atoms with Crippen LogP contribution in [0, 0.1) is 0 Å². The minimum absolute atomic E-state index is 0.0289. The van der Waals surface area contributed by atoms with Crippen LogP contribution in [0.5, 0.6) is 0 Å². The van der Waals surface area contributed by atoms with Gasteiger partial charge in [0.15, 0.2) is 0 Å². The minimum Gasteiger partial charge on any atom is -0.399 e. The Balaban J connectivity index is 2.09. The lowest BCUT2D eigenvalue weighted by molar-refractivity contribution is 0.0474. The van der Waals surface area contributed by atoms with Crippen molar-refractivity contribution in [3.63, 3.8) is 0 Å². The third-order valence-electron chi connectivity index (χ3n) is 2.84. The number of hydrogen-bond acceptors (Lipinski definition) is 3. The summed E-state index contributed by atoms with van der Waals surface area (Å²) in [6.07, 6.45) is 1.26. The van der Waals surface area contributed by atoms with Gasteiger partial charge in [0.1, 0.15) is 0 Å². The smallest absolute Gasteiger partial charge is 0.253 e. The lowest BCUT2D eigenvalue weighted by Crippen LogP contribution is -2.42. The normalized spacial score (nSPS) is 20.8. The molecule has 1 aromatic rings. The summed E-state index contributed by atoms with van der Waals surface area (Å²) in [6.45, 7) is 1.16. The van der Waals surface area contributed by atoms with Crippen molar-refractivity contribution in [2.75, 3.05) is 18.8 Å². The zero-order chi connectivity index (χ0) is 11.5. The molecule has 4 nitrogen and oxygen atoms in total. The molecule has 4 heteroatoms. The molecular weight excluding hydrogens is 204 g/mol. The van der Waals surface area contributed by atoms with Gasteiger partial charge in [0, 0.05) is 24.3 Å². The van der Waals surface area contributed by atoms with Crippen LogP contribution in [0.15, 0.2) is 24.3 Å². The van der Waals surface area contributed by atoms with Crippen molar-refractivity contribution in [3.8, 4) is 0 Å². The van der Waals surface area contributed by atoms with Gasteiger partial charge in [-0.2, -0.15) is 0 Å². The van der Waals surface area contributed by atoms with E-state index >= 15 is 0 Å². The summed E-state index contributed by atoms with van der Waals surface area (Å²) >= 11 is 0. The van der Waals surface area contributed by atoms with E-state index in [4.69, 9.17) is 5.73 Å². The first kappa shape index (κ1) is 11.0. The molecular formula is C12H16N2O2. The first-order valence-electron chi connectivity index (χ1n) is 5.49. The van der Waals surface area contributed by atoms with Crippen molar-refractivity contribution >= 4 is 11.6 Å². The van der Waals surface area contributed by atoms with Crippen LogP contribution in [0.4, 0.5) is 5.69 Å². The quantitative estimate of drug-likeness (QED) is 0.690. The first-order valence-corrected chi connectivity index (χ1v) is 5.49. The molecule has 86 valence electrons. The van der Waals surface area contributed by atoms with Crippen LogP contribution in [0.3, 0.4) is 0 Å². The number of anilines is 1. The number of benzene rings is 1. The van der Waals surface area contributed by atoms with Gasteiger partial charge in [-0.3, -0.25) is 4.79 Å². The van der Waals surface area contributed by atoms with Crippen LogP contribution in [-0.2, 0) is 0 Å². The number of rotatable bonds is 1. The molecule has 1 aliphatic rings. The molecule has 1 atom stereocenters. The van der Waals surface area contributed by atoms with Crippen molar-refractivity contribution in [3.05, 3.63) is 29.8 Å². The molecule has 1 fully saturated rings. The Hall–Kier alpha value is -1.55. The Labute approximate surface area is 94.7 Å². The number of nitrogens with two attached hydrogens (primary N) is 1. The largest absolute Gasteiger partial charge is 0.399 e. The molecule has 1 unspecified atom stereocenters. The monoisotopic (exact) mass is 220 g/mol. The van der Waals surface area contributed by atoms with Crippen LogP contribution in [0.1, 0.15) is 23.2 Å². The summed E-state index contributed by atoms with van der Waals surface area (Å²) in [4.78, 5) is 13.7. The number of nitrogen functional groups attached to an aromatic ring is 1. The van der Waals surface area contributed by atoms with Gasteiger partial charge >= 0.3 is 0 Å². The minimum atomic E-state index is -0.383. The average Bonchev–Trinajstić information content (AvgIpc) is 2.29. The number of nitrogens with zero attached hydrogens (tertiary/aromatic N) is 1. The van der Waals surface area contributed by atoms with Gasteiger partial charge in [0.2, 0.25) is 0 Å². The SMILES string of the molecule is Nc1ccc(C(=O)N2CCCC(O)C2)cc1. The van der Waals surface area contributed by atoms with E-state index in [1.165, 1.54) is 0 Å². The Morgan fingerprint density at radius 1 is 1.38 bits per heavy atom. The number of piperidine rings is 1. The number of carbonyl (C=O) groups is 1. The van der Waals surface area contributed by atoms with Crippen molar-refractivity contribution in [1.29, 1.82) is 0 Å². The van der Waals surface area contributed by atoms with Gasteiger partial charge < -0.3 is 15.7 Å². The van der Waals surface area contributed by atoms with Gasteiger partial charge in [0.05, 0.1) is 6.10 Å². The highest BCUT2D eigenvalue weighted by Crippen LogP contribution is 2.14. The summed E-state index contributed by atoms with van der Waals surface area (Å²) in [5.41, 5.74) is 6.84. The van der Waals surface area contributed by atoms with Crippen molar-refractivity contribution in [1.82, 2.24) is 4.90 Å². The predicted octanol–water partition coefficient (Wildman–Crippen LogP) is 0.866. The number of hydrogen-bond donors (Lipinski definition) is 2. The zero-order valence-electron chi connectivity index (χ0n) is 9.10. The van der Waals surface area contributed by atoms with Gasteiger partial charge in [-0.15, -0.1) is 0 Å². The molecule has 0 saturated carbocycles. The molecule has 2 rings (SSSR count). The summed E-state index contributed by atoms with van der Waals surface area (Å²) in [5, 5.41) is 9.51. The number of aliphatic hydroxyl groups excluding tert-OH is 1. The number of β-amino-alcohol motifs (C(OH)–C–C–N with tert-alkyl or cyclic N) is 1. The number of carbonyl (C=O) groups excluding carboxylic acids is 1. The Kier molecular flexibility index (Phi) is 3.10. The van der Waals surface area contributed by atoms with Crippen LogP contribution in [0.25, 0.3) is 0 Å². The maximum absolute atomic E-state index is 12.0. The van der Waals surface area contributed by atoms with E-state index < -0.39 is 0 Å². The second kappa shape index (κ2) is 4.53. The molecule has 1 amide bonds. The lowest BCUT2D eigenvalue weighted by atomic mass is 10.1. The molecule has 1 aromatic carbocycles. The number of likely N-dealkylation sites (tertiary alicyclic amines) is 1. The first-order chi connectivity index (χ1) is 7.66. The number of amides is 1. The highest BCUT2D eigenvalue weighted by molar-refractivity contribution is 5.94. The van der Waals surface area contributed by atoms with E-state index in [-0.39, 0.29) is 12.0 Å². The molecule has 1 heterocycles. The van der Waals surface area contributed by atoms with Crippen LogP contribution >= 0.6 is 0 Å². The van der Waals surface area contributed by atoms with Crippen molar-refractivity contribution in [2.24, 2.45) is 0 Å². The zero-order valence-corrected chi connectivity index (χ0v) is 9.10. The third-order valence-corrected chi connectivity index (χ3v) is 2.84. The predicted molar refractivity (Wildman–Crippen MR) is 62.0 cm³/mol.